The van der Waals surface area contributed by atoms with Gasteiger partial charge in [-0.15, -0.1) is 0 Å². The summed E-state index contributed by atoms with van der Waals surface area (Å²) >= 11 is 0. The number of aliphatic hydroxyl groups is 1. The van der Waals surface area contributed by atoms with Crippen LogP contribution in [0.5, 0.6) is 0 Å². The van der Waals surface area contributed by atoms with Crippen molar-refractivity contribution < 1.29 is 9.84 Å². The standard InChI is InChI=1S/C11H17N7O2/c1-12-9-15-10(13-4-7-20-8-6-19)17-11(16-9)18-5-2-3-14-18/h2-3,5,19H,4,6-8H2,1H3,(H2,12,13,15,16,17). The molecule has 0 spiro atoms. The molecule has 2 aromatic heterocycles. The van der Waals surface area contributed by atoms with Gasteiger partial charge in [0.25, 0.3) is 5.95 Å². The molecule has 9 nitrogen and oxygen atoms in total. The second-order valence-corrected chi connectivity index (χ2v) is 3.75. The first-order valence-corrected chi connectivity index (χ1v) is 6.20. The maximum absolute atomic E-state index is 8.60. The molecule has 0 bridgehead atoms. The predicted molar refractivity (Wildman–Crippen MR) is 72.9 cm³/mol. The van der Waals surface area contributed by atoms with Crippen molar-refractivity contribution in [1.82, 2.24) is 24.7 Å². The van der Waals surface area contributed by atoms with Crippen molar-refractivity contribution in [3.8, 4) is 5.95 Å². The first-order chi connectivity index (χ1) is 9.83. The fourth-order valence-electron chi connectivity index (χ4n) is 1.45. The molecule has 20 heavy (non-hydrogen) atoms. The van der Waals surface area contributed by atoms with Crippen molar-refractivity contribution in [2.24, 2.45) is 0 Å². The summed E-state index contributed by atoms with van der Waals surface area (Å²) in [7, 11) is 1.73. The molecular weight excluding hydrogens is 262 g/mol. The minimum atomic E-state index is 0.0130. The maximum Gasteiger partial charge on any atom is 0.257 e. The highest BCUT2D eigenvalue weighted by atomic mass is 16.5. The molecule has 0 aliphatic heterocycles. The first-order valence-electron chi connectivity index (χ1n) is 6.20. The van der Waals surface area contributed by atoms with Crippen LogP contribution in [0.25, 0.3) is 5.95 Å². The Labute approximate surface area is 116 Å². The van der Waals surface area contributed by atoms with E-state index >= 15 is 0 Å². The van der Waals surface area contributed by atoms with E-state index < -0.39 is 0 Å². The van der Waals surface area contributed by atoms with E-state index in [4.69, 9.17) is 9.84 Å². The van der Waals surface area contributed by atoms with Crippen molar-refractivity contribution in [3.05, 3.63) is 18.5 Å². The van der Waals surface area contributed by atoms with Crippen LogP contribution in [0.1, 0.15) is 0 Å². The fourth-order valence-corrected chi connectivity index (χ4v) is 1.45. The molecule has 3 N–H and O–H groups in total. The van der Waals surface area contributed by atoms with E-state index in [9.17, 15) is 0 Å². The lowest BCUT2D eigenvalue weighted by Gasteiger charge is -2.08. The summed E-state index contributed by atoms with van der Waals surface area (Å²) in [5.74, 6) is 1.31. The Morgan fingerprint density at radius 3 is 2.80 bits per heavy atom. The number of aliphatic hydroxyl groups excluding tert-OH is 1. The molecule has 2 aromatic rings. The lowest BCUT2D eigenvalue weighted by Crippen LogP contribution is -2.15. The van der Waals surface area contributed by atoms with E-state index in [-0.39, 0.29) is 6.61 Å². The summed E-state index contributed by atoms with van der Waals surface area (Å²) in [4.78, 5) is 12.7. The van der Waals surface area contributed by atoms with Gasteiger partial charge in [-0.3, -0.25) is 0 Å². The van der Waals surface area contributed by atoms with E-state index in [0.717, 1.165) is 0 Å². The molecule has 0 saturated carbocycles. The summed E-state index contributed by atoms with van der Waals surface area (Å²) in [6.07, 6.45) is 3.40. The van der Waals surface area contributed by atoms with Crippen molar-refractivity contribution >= 4 is 11.9 Å². The Morgan fingerprint density at radius 1 is 1.25 bits per heavy atom. The molecule has 2 heterocycles. The summed E-state index contributed by atoms with van der Waals surface area (Å²) in [5.41, 5.74) is 0. The zero-order chi connectivity index (χ0) is 14.2. The first kappa shape index (κ1) is 14.2. The van der Waals surface area contributed by atoms with E-state index in [1.165, 1.54) is 0 Å². The molecule has 0 saturated heterocycles. The fraction of sp³-hybridized carbons (Fsp3) is 0.455. The van der Waals surface area contributed by atoms with Crippen LogP contribution in [0, 0.1) is 0 Å². The topological polar surface area (TPSA) is 110 Å². The number of rotatable bonds is 8. The molecule has 0 aliphatic rings. The van der Waals surface area contributed by atoms with Gasteiger partial charge in [0.2, 0.25) is 11.9 Å². The van der Waals surface area contributed by atoms with Crippen molar-refractivity contribution in [2.75, 3.05) is 44.0 Å². The molecule has 108 valence electrons. The van der Waals surface area contributed by atoms with E-state index in [0.29, 0.717) is 37.6 Å². The molecule has 0 atom stereocenters. The highest BCUT2D eigenvalue weighted by Crippen LogP contribution is 2.07. The van der Waals surface area contributed by atoms with Gasteiger partial charge < -0.3 is 20.5 Å². The normalized spacial score (nSPS) is 10.5. The number of nitrogens with zero attached hydrogens (tertiary/aromatic N) is 5. The van der Waals surface area contributed by atoms with Gasteiger partial charge in [0.05, 0.1) is 19.8 Å². The third kappa shape index (κ3) is 3.87. The van der Waals surface area contributed by atoms with Crippen molar-refractivity contribution in [3.63, 3.8) is 0 Å². The lowest BCUT2D eigenvalue weighted by molar-refractivity contribution is 0.0991. The summed E-state index contributed by atoms with van der Waals surface area (Å²) in [6, 6.07) is 1.79. The monoisotopic (exact) mass is 279 g/mol. The number of ether oxygens (including phenoxy) is 1. The third-order valence-corrected chi connectivity index (χ3v) is 2.32. The second kappa shape index (κ2) is 7.36. The Bertz CT molecular complexity index is 517. The molecule has 0 aromatic carbocycles. The molecular formula is C11H17N7O2. The highest BCUT2D eigenvalue weighted by molar-refractivity contribution is 5.37. The number of aromatic nitrogens is 5. The van der Waals surface area contributed by atoms with Crippen LogP contribution in [0.4, 0.5) is 11.9 Å². The smallest absolute Gasteiger partial charge is 0.257 e. The molecule has 0 radical (unpaired) electrons. The summed E-state index contributed by atoms with van der Waals surface area (Å²) in [5, 5.41) is 18.6. The quantitative estimate of drug-likeness (QED) is 0.556. The predicted octanol–water partition coefficient (Wildman–Crippen LogP) is -0.480. The van der Waals surface area contributed by atoms with Crippen LogP contribution in [0.15, 0.2) is 18.5 Å². The Kier molecular flexibility index (Phi) is 5.21. The van der Waals surface area contributed by atoms with Gasteiger partial charge in [-0.25, -0.2) is 4.68 Å². The largest absolute Gasteiger partial charge is 0.394 e. The van der Waals surface area contributed by atoms with Gasteiger partial charge >= 0.3 is 0 Å². The van der Waals surface area contributed by atoms with Crippen LogP contribution in [0.3, 0.4) is 0 Å². The van der Waals surface area contributed by atoms with Crippen LogP contribution < -0.4 is 10.6 Å². The molecule has 2 rings (SSSR count). The average molecular weight is 279 g/mol. The Balaban J connectivity index is 2.03. The lowest BCUT2D eigenvalue weighted by atomic mass is 10.6. The van der Waals surface area contributed by atoms with Crippen LogP contribution in [-0.4, -0.2) is 63.3 Å². The van der Waals surface area contributed by atoms with Crippen LogP contribution in [-0.2, 0) is 4.74 Å². The number of anilines is 2. The summed E-state index contributed by atoms with van der Waals surface area (Å²) < 4.78 is 6.70. The molecule has 0 unspecified atom stereocenters. The molecule has 9 heteroatoms. The SMILES string of the molecule is CNc1nc(NCCOCCO)nc(-n2cccn2)n1. The Morgan fingerprint density at radius 2 is 2.10 bits per heavy atom. The van der Waals surface area contributed by atoms with Gasteiger partial charge in [0, 0.05) is 26.0 Å². The molecule has 0 aliphatic carbocycles. The van der Waals surface area contributed by atoms with Crippen molar-refractivity contribution in [1.29, 1.82) is 0 Å². The van der Waals surface area contributed by atoms with E-state index in [1.807, 2.05) is 0 Å². The minimum Gasteiger partial charge on any atom is -0.394 e. The van der Waals surface area contributed by atoms with E-state index in [2.05, 4.69) is 30.7 Å². The van der Waals surface area contributed by atoms with Gasteiger partial charge in [-0.2, -0.15) is 20.1 Å². The third-order valence-electron chi connectivity index (χ3n) is 2.32. The number of hydrogen-bond donors (Lipinski definition) is 3. The minimum absolute atomic E-state index is 0.0130. The average Bonchev–Trinajstić information content (AvgIpc) is 3.01. The van der Waals surface area contributed by atoms with Crippen LogP contribution >= 0.6 is 0 Å². The van der Waals surface area contributed by atoms with Gasteiger partial charge in [0.15, 0.2) is 0 Å². The van der Waals surface area contributed by atoms with Gasteiger partial charge in [-0.1, -0.05) is 0 Å². The summed E-state index contributed by atoms with van der Waals surface area (Å²) in [6.45, 7) is 1.32. The number of hydrogen-bond acceptors (Lipinski definition) is 8. The highest BCUT2D eigenvalue weighted by Gasteiger charge is 2.07. The van der Waals surface area contributed by atoms with Crippen molar-refractivity contribution in [2.45, 2.75) is 0 Å². The maximum atomic E-state index is 8.60. The van der Waals surface area contributed by atoms with Gasteiger partial charge in [0.1, 0.15) is 0 Å². The van der Waals surface area contributed by atoms with Crippen LogP contribution in [0.2, 0.25) is 0 Å². The Hall–Kier alpha value is -2.26. The van der Waals surface area contributed by atoms with Gasteiger partial charge in [-0.05, 0) is 6.07 Å². The van der Waals surface area contributed by atoms with E-state index in [1.54, 1.807) is 30.2 Å². The zero-order valence-corrected chi connectivity index (χ0v) is 11.2. The molecule has 0 amide bonds. The molecule has 0 fully saturated rings. The second-order valence-electron chi connectivity index (χ2n) is 3.75. The zero-order valence-electron chi connectivity index (χ0n) is 11.2. The number of nitrogens with one attached hydrogen (secondary N) is 2.